The molecule has 5 aliphatic heterocycles. The van der Waals surface area contributed by atoms with Crippen molar-refractivity contribution in [3.8, 4) is 11.5 Å². The molecule has 0 radical (unpaired) electrons. The number of hydrogen-bond acceptors (Lipinski definition) is 7. The Labute approximate surface area is 176 Å². The normalized spacial score (nSPS) is 46.4. The summed E-state index contributed by atoms with van der Waals surface area (Å²) in [7, 11) is 0. The summed E-state index contributed by atoms with van der Waals surface area (Å²) in [5.74, 6) is 2.13. The van der Waals surface area contributed by atoms with Crippen LogP contribution in [0.3, 0.4) is 0 Å². The van der Waals surface area contributed by atoms with E-state index < -0.39 is 17.7 Å². The molecule has 0 aromatic heterocycles. The average Bonchev–Trinajstić information content (AvgIpc) is 3.09. The molecule has 7 nitrogen and oxygen atoms in total. The molecule has 1 spiro atoms. The van der Waals surface area contributed by atoms with Crippen LogP contribution in [-0.4, -0.2) is 30.8 Å². The van der Waals surface area contributed by atoms with Gasteiger partial charge in [-0.2, -0.15) is 0 Å². The van der Waals surface area contributed by atoms with Crippen LogP contribution in [0.5, 0.6) is 11.5 Å². The fourth-order valence-corrected chi connectivity index (χ4v) is 6.27. The predicted molar refractivity (Wildman–Crippen MR) is 104 cm³/mol. The van der Waals surface area contributed by atoms with Crippen LogP contribution in [0.4, 0.5) is 0 Å². The Morgan fingerprint density at radius 1 is 1.03 bits per heavy atom. The minimum atomic E-state index is -0.764. The molecule has 0 amide bonds. The highest BCUT2D eigenvalue weighted by molar-refractivity contribution is 5.44. The quantitative estimate of drug-likeness (QED) is 0.684. The third-order valence-corrected chi connectivity index (χ3v) is 7.95. The van der Waals surface area contributed by atoms with Gasteiger partial charge in [0.1, 0.15) is 0 Å². The Hall–Kier alpha value is -1.38. The van der Waals surface area contributed by atoms with Gasteiger partial charge in [-0.25, -0.2) is 9.78 Å². The lowest BCUT2D eigenvalue weighted by molar-refractivity contribution is -0.577. The van der Waals surface area contributed by atoms with Crippen molar-refractivity contribution in [2.45, 2.75) is 77.0 Å². The Morgan fingerprint density at radius 3 is 2.80 bits per heavy atom. The summed E-state index contributed by atoms with van der Waals surface area (Å²) in [6, 6.07) is 5.90. The van der Waals surface area contributed by atoms with Crippen LogP contribution >= 0.6 is 0 Å². The summed E-state index contributed by atoms with van der Waals surface area (Å²) in [4.78, 5) is 12.1. The first-order valence-corrected chi connectivity index (χ1v) is 11.2. The Balaban J connectivity index is 1.25. The van der Waals surface area contributed by atoms with Gasteiger partial charge in [-0.15, -0.1) is 0 Å². The molecule has 1 saturated carbocycles. The molecular formula is C23H30O7. The lowest BCUT2D eigenvalue weighted by Gasteiger charge is -2.60. The number of ether oxygens (including phenoxy) is 5. The van der Waals surface area contributed by atoms with Crippen molar-refractivity contribution in [2.75, 3.05) is 6.79 Å². The lowest BCUT2D eigenvalue weighted by Crippen LogP contribution is -2.70. The number of rotatable bonds is 3. The maximum absolute atomic E-state index is 6.47. The number of fused-ring (bicyclic) bond motifs is 3. The Kier molecular flexibility index (Phi) is 4.38. The maximum Gasteiger partial charge on any atom is 0.231 e. The summed E-state index contributed by atoms with van der Waals surface area (Å²) < 4.78 is 30.0. The van der Waals surface area contributed by atoms with Crippen molar-refractivity contribution in [2.24, 2.45) is 23.7 Å². The summed E-state index contributed by atoms with van der Waals surface area (Å²) in [6.07, 6.45) is 3.25. The second-order valence-corrected chi connectivity index (χ2v) is 9.77. The summed E-state index contributed by atoms with van der Waals surface area (Å²) >= 11 is 0. The van der Waals surface area contributed by atoms with Gasteiger partial charge in [0.25, 0.3) is 0 Å². The van der Waals surface area contributed by atoms with Crippen molar-refractivity contribution in [1.29, 1.82) is 0 Å². The average molecular weight is 418 g/mol. The van der Waals surface area contributed by atoms with Crippen molar-refractivity contribution in [1.82, 2.24) is 0 Å². The van der Waals surface area contributed by atoms with Crippen LogP contribution in [0.25, 0.3) is 0 Å². The van der Waals surface area contributed by atoms with Gasteiger partial charge >= 0.3 is 0 Å². The highest BCUT2D eigenvalue weighted by Gasteiger charge is 2.69. The monoisotopic (exact) mass is 418 g/mol. The van der Waals surface area contributed by atoms with E-state index in [1.807, 2.05) is 25.1 Å². The van der Waals surface area contributed by atoms with E-state index in [4.69, 9.17) is 33.5 Å². The Bertz CT molecular complexity index is 830. The summed E-state index contributed by atoms with van der Waals surface area (Å²) in [6.45, 7) is 7.18. The zero-order chi connectivity index (χ0) is 20.5. The van der Waals surface area contributed by atoms with E-state index in [1.54, 1.807) is 0 Å². The van der Waals surface area contributed by atoms with Gasteiger partial charge in [-0.1, -0.05) is 19.9 Å². The fourth-order valence-electron chi connectivity index (χ4n) is 6.27. The second-order valence-electron chi connectivity index (χ2n) is 9.77. The molecule has 6 aliphatic rings. The van der Waals surface area contributed by atoms with Gasteiger partial charge in [0.15, 0.2) is 29.7 Å². The highest BCUT2D eigenvalue weighted by Crippen LogP contribution is 2.60. The predicted octanol–water partition coefficient (Wildman–Crippen LogP) is 4.14. The summed E-state index contributed by atoms with van der Waals surface area (Å²) in [5.41, 5.74) is 0.478. The van der Waals surface area contributed by atoms with Gasteiger partial charge < -0.3 is 23.7 Å². The molecule has 30 heavy (non-hydrogen) atoms. The van der Waals surface area contributed by atoms with Crippen LogP contribution in [0.15, 0.2) is 18.2 Å². The minimum absolute atomic E-state index is 0.167. The van der Waals surface area contributed by atoms with Gasteiger partial charge in [0.05, 0.1) is 6.61 Å². The molecule has 1 aromatic rings. The SMILES string of the molecule is C[C@H]1[C@@H](OCc2ccc3c(c2)OCO3)O[C@@H]2O[C@]3(C)CC[C@H]4[C@H](C)CC[C@@H]1[C@@]24OO3. The third kappa shape index (κ3) is 2.76. The molecule has 8 atom stereocenters. The molecule has 1 aromatic carbocycles. The molecule has 1 aliphatic carbocycles. The number of hydrogen-bond donors (Lipinski definition) is 0. The van der Waals surface area contributed by atoms with Crippen LogP contribution < -0.4 is 9.47 Å². The first-order chi connectivity index (χ1) is 14.5. The minimum Gasteiger partial charge on any atom is -0.454 e. The van der Waals surface area contributed by atoms with Crippen molar-refractivity contribution in [3.63, 3.8) is 0 Å². The molecule has 0 unspecified atom stereocenters. The zero-order valence-electron chi connectivity index (χ0n) is 17.8. The van der Waals surface area contributed by atoms with Crippen LogP contribution in [-0.2, 0) is 30.6 Å². The molecular weight excluding hydrogens is 388 g/mol. The van der Waals surface area contributed by atoms with Crippen molar-refractivity contribution in [3.05, 3.63) is 23.8 Å². The van der Waals surface area contributed by atoms with E-state index in [-0.39, 0.29) is 24.9 Å². The first-order valence-electron chi connectivity index (χ1n) is 11.2. The highest BCUT2D eigenvalue weighted by atomic mass is 17.3. The van der Waals surface area contributed by atoms with Gasteiger partial charge in [0, 0.05) is 18.3 Å². The molecule has 4 saturated heterocycles. The maximum atomic E-state index is 6.47. The van der Waals surface area contributed by atoms with E-state index in [9.17, 15) is 0 Å². The topological polar surface area (TPSA) is 64.6 Å². The van der Waals surface area contributed by atoms with Crippen LogP contribution in [0, 0.1) is 23.7 Å². The molecule has 5 fully saturated rings. The fraction of sp³-hybridized carbons (Fsp3) is 0.739. The largest absolute Gasteiger partial charge is 0.454 e. The second kappa shape index (κ2) is 6.81. The Morgan fingerprint density at radius 2 is 1.90 bits per heavy atom. The summed E-state index contributed by atoms with van der Waals surface area (Å²) in [5, 5.41) is 0. The molecule has 7 rings (SSSR count). The van der Waals surface area contributed by atoms with E-state index in [0.29, 0.717) is 18.4 Å². The number of benzene rings is 1. The van der Waals surface area contributed by atoms with Crippen LogP contribution in [0.1, 0.15) is 52.0 Å². The van der Waals surface area contributed by atoms with E-state index in [2.05, 4.69) is 13.8 Å². The van der Waals surface area contributed by atoms with Crippen molar-refractivity contribution >= 4 is 0 Å². The molecule has 7 heteroatoms. The van der Waals surface area contributed by atoms with E-state index >= 15 is 0 Å². The van der Waals surface area contributed by atoms with E-state index in [1.165, 1.54) is 6.42 Å². The van der Waals surface area contributed by atoms with E-state index in [0.717, 1.165) is 36.3 Å². The molecule has 5 heterocycles. The first kappa shape index (κ1) is 19.3. The van der Waals surface area contributed by atoms with Gasteiger partial charge in [-0.05, 0) is 55.7 Å². The zero-order valence-corrected chi connectivity index (χ0v) is 17.8. The lowest BCUT2D eigenvalue weighted by atomic mass is 9.58. The smallest absolute Gasteiger partial charge is 0.231 e. The standard InChI is InChI=1S/C23H30O7/c1-13-4-6-17-14(2)20(24-11-15-5-7-18-19(10-15)26-12-25-18)27-21-23(17)16(13)8-9-22(3,28-21)29-30-23/h5,7,10,13-14,16-17,20-21H,4,6,8-9,11-12H2,1-3H3/t13-,14-,16+,17+,20+,21-,22+,23-/m1/s1. The molecule has 0 N–H and O–H groups in total. The third-order valence-electron chi connectivity index (χ3n) is 7.95. The van der Waals surface area contributed by atoms with Gasteiger partial charge in [0.2, 0.25) is 12.6 Å². The molecule has 2 bridgehead atoms. The van der Waals surface area contributed by atoms with Crippen LogP contribution in [0.2, 0.25) is 0 Å². The van der Waals surface area contributed by atoms with Gasteiger partial charge in [-0.3, -0.25) is 0 Å². The van der Waals surface area contributed by atoms with Crippen molar-refractivity contribution < 1.29 is 33.5 Å². The molecule has 164 valence electrons.